The summed E-state index contributed by atoms with van der Waals surface area (Å²) in [6, 6.07) is 19.5. The minimum absolute atomic E-state index is 0.0929. The number of carbonyl (C=O) groups excluding carboxylic acids is 4. The number of rotatable bonds is 10. The van der Waals surface area contributed by atoms with Crippen molar-refractivity contribution in [1.82, 2.24) is 30.4 Å². The van der Waals surface area contributed by atoms with Gasteiger partial charge in [0.25, 0.3) is 0 Å². The van der Waals surface area contributed by atoms with Crippen molar-refractivity contribution in [3.05, 3.63) is 70.7 Å². The summed E-state index contributed by atoms with van der Waals surface area (Å²) in [5, 5.41) is 7.25. The fraction of sp³-hybridized carbons (Fsp3) is 0.429. The van der Waals surface area contributed by atoms with Gasteiger partial charge in [-0.25, -0.2) is 19.6 Å². The van der Waals surface area contributed by atoms with Gasteiger partial charge in [0.15, 0.2) is 0 Å². The van der Waals surface area contributed by atoms with Crippen LogP contribution in [0, 0.1) is 11.8 Å². The zero-order chi connectivity index (χ0) is 39.7. The Morgan fingerprint density at radius 2 is 1.00 bits per heavy atom. The van der Waals surface area contributed by atoms with Crippen LogP contribution in [-0.2, 0) is 19.1 Å². The zero-order valence-corrected chi connectivity index (χ0v) is 34.2. The van der Waals surface area contributed by atoms with Crippen molar-refractivity contribution in [2.75, 3.05) is 27.3 Å². The number of aromatic nitrogens is 2. The van der Waals surface area contributed by atoms with Gasteiger partial charge in [-0.3, -0.25) is 9.59 Å². The highest BCUT2D eigenvalue weighted by molar-refractivity contribution is 7.19. The van der Waals surface area contributed by atoms with Gasteiger partial charge < -0.3 is 29.9 Å². The first-order chi connectivity index (χ1) is 26.9. The van der Waals surface area contributed by atoms with E-state index in [1.165, 1.54) is 14.2 Å². The number of thiazole rings is 2. The van der Waals surface area contributed by atoms with E-state index in [1.54, 1.807) is 22.7 Å². The first-order valence-corrected chi connectivity index (χ1v) is 20.8. The molecule has 2 aliphatic heterocycles. The molecule has 3 aromatic carbocycles. The summed E-state index contributed by atoms with van der Waals surface area (Å²) in [7, 11) is 2.60. The van der Waals surface area contributed by atoms with Crippen molar-refractivity contribution < 1.29 is 28.7 Å². The molecule has 4 amide bonds. The molecule has 4 heterocycles. The number of alkyl carbamates (subject to hydrolysis) is 2. The molecule has 2 saturated heterocycles. The number of nitrogens with zero attached hydrogens (tertiary/aromatic N) is 4. The number of ether oxygens (including phenoxy) is 2. The van der Waals surface area contributed by atoms with Gasteiger partial charge in [0.1, 0.15) is 22.1 Å². The van der Waals surface area contributed by atoms with E-state index in [-0.39, 0.29) is 35.7 Å². The van der Waals surface area contributed by atoms with Crippen LogP contribution >= 0.6 is 22.7 Å². The molecular weight excluding hydrogens is 749 g/mol. The summed E-state index contributed by atoms with van der Waals surface area (Å²) < 4.78 is 11.7. The maximum Gasteiger partial charge on any atom is 0.407 e. The number of hydrogen-bond acceptors (Lipinski definition) is 10. The molecule has 0 aliphatic carbocycles. The Balaban J connectivity index is 1.06. The van der Waals surface area contributed by atoms with Crippen LogP contribution in [0.4, 0.5) is 9.59 Å². The van der Waals surface area contributed by atoms with Gasteiger partial charge >= 0.3 is 12.2 Å². The van der Waals surface area contributed by atoms with Crippen molar-refractivity contribution in [3.63, 3.8) is 0 Å². The lowest BCUT2D eigenvalue weighted by molar-refractivity contribution is -0.136. The van der Waals surface area contributed by atoms with Crippen LogP contribution in [0.15, 0.2) is 60.7 Å². The van der Waals surface area contributed by atoms with Crippen molar-refractivity contribution in [2.24, 2.45) is 11.8 Å². The van der Waals surface area contributed by atoms with Crippen LogP contribution in [0.5, 0.6) is 0 Å². The predicted molar refractivity (Wildman–Crippen MR) is 219 cm³/mol. The highest BCUT2D eigenvalue weighted by Crippen LogP contribution is 2.40. The fourth-order valence-electron chi connectivity index (χ4n) is 7.72. The second-order valence-corrected chi connectivity index (χ2v) is 17.3. The molecule has 4 atom stereocenters. The standard InChI is InChI=1S/C42H48N6O6S2/c1-23(2)35(45-41(51)53-5)39(49)47-19-7-9-31(47)37-43-29-21-27(15-17-33(29)55-37)25-11-13-26(14-12-25)28-16-18-34-30(22-28)44-38(56-34)32-10-8-20-48(32)40(50)36(24(3)4)46-42(52)54-6/h11-18,21-24,31-32,35-36H,7-10,19-20H2,1-6H3,(H,45,51)(H,46,52). The lowest BCUT2D eigenvalue weighted by Gasteiger charge is -2.29. The summed E-state index contributed by atoms with van der Waals surface area (Å²) >= 11 is 3.23. The molecule has 294 valence electrons. The Kier molecular flexibility index (Phi) is 11.6. The van der Waals surface area contributed by atoms with E-state index in [0.717, 1.165) is 78.4 Å². The van der Waals surface area contributed by atoms with Gasteiger partial charge in [-0.05, 0) is 84.0 Å². The SMILES string of the molecule is COC(=O)NC(C(=O)N1CCCC1c1nc2cc(-c3ccc(-c4ccc5sc(C6CCCN6C(=O)C(NC(=O)OC)C(C)C)nc5c4)cc3)ccc2s1)C(C)C. The number of fused-ring (bicyclic) bond motifs is 2. The van der Waals surface area contributed by atoms with Gasteiger partial charge in [-0.2, -0.15) is 0 Å². The highest BCUT2D eigenvalue weighted by Gasteiger charge is 2.39. The molecule has 2 aromatic heterocycles. The fourth-order valence-corrected chi connectivity index (χ4v) is 9.91. The van der Waals surface area contributed by atoms with E-state index in [2.05, 4.69) is 71.3 Å². The zero-order valence-electron chi connectivity index (χ0n) is 32.5. The van der Waals surface area contributed by atoms with Crippen molar-refractivity contribution in [1.29, 1.82) is 0 Å². The van der Waals surface area contributed by atoms with Gasteiger partial charge in [-0.1, -0.05) is 64.1 Å². The topological polar surface area (TPSA) is 143 Å². The summed E-state index contributed by atoms with van der Waals surface area (Å²) in [4.78, 5) is 65.0. The summed E-state index contributed by atoms with van der Waals surface area (Å²) in [5.41, 5.74) is 6.04. The van der Waals surface area contributed by atoms with E-state index in [1.807, 2.05) is 37.5 Å². The number of amides is 4. The van der Waals surface area contributed by atoms with Crippen LogP contribution in [0.1, 0.15) is 75.5 Å². The number of nitrogens with one attached hydrogen (secondary N) is 2. The van der Waals surface area contributed by atoms with Crippen molar-refractivity contribution >= 4 is 67.1 Å². The second kappa shape index (κ2) is 16.6. The largest absolute Gasteiger partial charge is 0.453 e. The molecule has 5 aromatic rings. The van der Waals surface area contributed by atoms with Crippen LogP contribution in [0.2, 0.25) is 0 Å². The van der Waals surface area contributed by atoms with Gasteiger partial charge in [-0.15, -0.1) is 22.7 Å². The van der Waals surface area contributed by atoms with Gasteiger partial charge in [0.05, 0.1) is 46.7 Å². The van der Waals surface area contributed by atoms with E-state index in [9.17, 15) is 19.2 Å². The molecule has 0 bridgehead atoms. The number of benzene rings is 3. The molecular formula is C42H48N6O6S2. The van der Waals surface area contributed by atoms with E-state index >= 15 is 0 Å². The van der Waals surface area contributed by atoms with Crippen LogP contribution < -0.4 is 10.6 Å². The minimum Gasteiger partial charge on any atom is -0.453 e. The quantitative estimate of drug-likeness (QED) is 0.144. The average Bonchev–Trinajstić information content (AvgIpc) is 4.03. The maximum absolute atomic E-state index is 13.6. The summed E-state index contributed by atoms with van der Waals surface area (Å²) in [6.45, 7) is 8.91. The Morgan fingerprint density at radius 1 is 0.625 bits per heavy atom. The van der Waals surface area contributed by atoms with Crippen molar-refractivity contribution in [2.45, 2.75) is 77.5 Å². The molecule has 14 heteroatoms. The monoisotopic (exact) mass is 796 g/mol. The smallest absolute Gasteiger partial charge is 0.407 e. The number of methoxy groups -OCH3 is 2. The second-order valence-electron chi connectivity index (χ2n) is 15.1. The van der Waals surface area contributed by atoms with Crippen molar-refractivity contribution in [3.8, 4) is 22.3 Å². The lowest BCUT2D eigenvalue weighted by atomic mass is 10.00. The molecule has 0 saturated carbocycles. The Labute approximate surface area is 334 Å². The Morgan fingerprint density at radius 3 is 1.36 bits per heavy atom. The summed E-state index contributed by atoms with van der Waals surface area (Å²) in [5.74, 6) is -0.406. The molecule has 12 nitrogen and oxygen atoms in total. The van der Waals surface area contributed by atoms with Crippen LogP contribution in [0.3, 0.4) is 0 Å². The number of carbonyl (C=O) groups is 4. The Bertz CT molecular complexity index is 2090. The normalized spacial score (nSPS) is 18.1. The molecule has 4 unspecified atom stereocenters. The first-order valence-electron chi connectivity index (χ1n) is 19.2. The number of likely N-dealkylation sites (tertiary alicyclic amines) is 2. The third-order valence-corrected chi connectivity index (χ3v) is 13.1. The van der Waals surface area contributed by atoms with Gasteiger partial charge in [0, 0.05) is 13.1 Å². The van der Waals surface area contributed by atoms with E-state index < -0.39 is 24.3 Å². The molecule has 2 N–H and O–H groups in total. The van der Waals surface area contributed by atoms with Gasteiger partial charge in [0.2, 0.25) is 11.8 Å². The minimum atomic E-state index is -0.671. The Hall–Kier alpha value is -5.08. The van der Waals surface area contributed by atoms with E-state index in [4.69, 9.17) is 19.4 Å². The highest BCUT2D eigenvalue weighted by atomic mass is 32.1. The predicted octanol–water partition coefficient (Wildman–Crippen LogP) is 8.33. The van der Waals surface area contributed by atoms with Crippen LogP contribution in [0.25, 0.3) is 42.7 Å². The summed E-state index contributed by atoms with van der Waals surface area (Å²) in [6.07, 6.45) is 2.17. The van der Waals surface area contributed by atoms with E-state index in [0.29, 0.717) is 13.1 Å². The molecule has 56 heavy (non-hydrogen) atoms. The molecule has 2 aliphatic rings. The average molecular weight is 797 g/mol. The van der Waals surface area contributed by atoms with Crippen LogP contribution in [-0.4, -0.2) is 83.2 Å². The number of hydrogen-bond donors (Lipinski definition) is 2. The maximum atomic E-state index is 13.6. The first kappa shape index (κ1) is 39.2. The molecule has 0 radical (unpaired) electrons. The molecule has 0 spiro atoms. The molecule has 7 rings (SSSR count). The third-order valence-electron chi connectivity index (χ3n) is 10.8. The third kappa shape index (κ3) is 7.94. The molecule has 2 fully saturated rings. The lowest BCUT2D eigenvalue weighted by Crippen LogP contribution is -2.51.